The molecule has 10 heteroatoms. The minimum atomic E-state index is -3.30. The van der Waals surface area contributed by atoms with Crippen LogP contribution in [0.15, 0.2) is 62.2 Å². The highest BCUT2D eigenvalue weighted by Gasteiger charge is 2.21. The van der Waals surface area contributed by atoms with Gasteiger partial charge in [-0.1, -0.05) is 48.2 Å². The number of thioether (sulfide) groups is 1. The Morgan fingerprint density at radius 3 is 2.55 bits per heavy atom. The van der Waals surface area contributed by atoms with Crippen LogP contribution in [0.1, 0.15) is 28.0 Å². The van der Waals surface area contributed by atoms with Crippen molar-refractivity contribution in [3.63, 3.8) is 0 Å². The lowest BCUT2D eigenvalue weighted by atomic mass is 10.1. The first-order chi connectivity index (χ1) is 14.9. The van der Waals surface area contributed by atoms with E-state index in [1.807, 2.05) is 31.2 Å². The summed E-state index contributed by atoms with van der Waals surface area (Å²) >= 11 is 2.99. The van der Waals surface area contributed by atoms with Crippen molar-refractivity contribution in [2.45, 2.75) is 28.8 Å². The Labute approximate surface area is 187 Å². The van der Waals surface area contributed by atoms with Gasteiger partial charge in [0.25, 0.3) is 5.91 Å². The maximum atomic E-state index is 13.0. The number of benzene rings is 2. The predicted molar refractivity (Wildman–Crippen MR) is 123 cm³/mol. The second-order valence-corrected chi connectivity index (χ2v) is 11.3. The topological polar surface area (TPSA) is 102 Å². The van der Waals surface area contributed by atoms with Gasteiger partial charge in [0, 0.05) is 22.4 Å². The highest BCUT2D eigenvalue weighted by molar-refractivity contribution is 8.00. The molecule has 0 aliphatic heterocycles. The van der Waals surface area contributed by atoms with E-state index in [1.54, 1.807) is 19.1 Å². The number of carbonyl (C=O) groups excluding carboxylic acids is 1. The van der Waals surface area contributed by atoms with Gasteiger partial charge in [0.15, 0.2) is 19.9 Å². The Balaban J connectivity index is 1.60. The summed E-state index contributed by atoms with van der Waals surface area (Å²) in [5.74, 6) is 0.348. The van der Waals surface area contributed by atoms with Crippen molar-refractivity contribution >= 4 is 55.5 Å². The lowest BCUT2D eigenvalue weighted by Gasteiger charge is -2.07. The third-order valence-electron chi connectivity index (χ3n) is 4.60. The van der Waals surface area contributed by atoms with E-state index < -0.39 is 15.7 Å². The van der Waals surface area contributed by atoms with Gasteiger partial charge < -0.3 is 9.73 Å². The van der Waals surface area contributed by atoms with E-state index >= 15 is 0 Å². The van der Waals surface area contributed by atoms with Gasteiger partial charge in [-0.25, -0.2) is 8.42 Å². The molecule has 4 rings (SSSR count). The van der Waals surface area contributed by atoms with Crippen LogP contribution in [0.25, 0.3) is 11.0 Å². The van der Waals surface area contributed by atoms with Gasteiger partial charge in [0.2, 0.25) is 0 Å². The van der Waals surface area contributed by atoms with E-state index in [0.717, 1.165) is 20.3 Å². The molecule has 0 unspecified atom stereocenters. The maximum Gasteiger partial charge on any atom is 0.291 e. The number of hydrogen-bond acceptors (Lipinski definition) is 8. The van der Waals surface area contributed by atoms with Crippen molar-refractivity contribution in [1.29, 1.82) is 0 Å². The molecule has 0 bridgehead atoms. The van der Waals surface area contributed by atoms with Crippen LogP contribution in [0.2, 0.25) is 0 Å². The number of para-hydroxylation sites is 1. The highest BCUT2D eigenvalue weighted by Crippen LogP contribution is 2.33. The molecule has 1 amide bonds. The molecule has 160 valence electrons. The fourth-order valence-electron chi connectivity index (χ4n) is 3.00. The molecule has 0 aliphatic rings. The van der Waals surface area contributed by atoms with Crippen molar-refractivity contribution in [2.24, 2.45) is 0 Å². The van der Waals surface area contributed by atoms with Gasteiger partial charge in [-0.2, -0.15) is 0 Å². The number of amides is 1. The summed E-state index contributed by atoms with van der Waals surface area (Å²) in [5, 5.41) is 12.7. The molecule has 0 saturated heterocycles. The molecule has 2 heterocycles. The first-order valence-corrected chi connectivity index (χ1v) is 12.9. The highest BCUT2D eigenvalue weighted by atomic mass is 32.2. The fourth-order valence-corrected chi connectivity index (χ4v) is 5.72. The number of aryl methyl sites for hydroxylation is 1. The number of carbonyl (C=O) groups is 1. The van der Waals surface area contributed by atoms with Gasteiger partial charge in [0.1, 0.15) is 10.6 Å². The number of rotatable bonds is 7. The Kier molecular flexibility index (Phi) is 6.12. The number of sulfone groups is 1. The zero-order valence-corrected chi connectivity index (χ0v) is 19.2. The summed E-state index contributed by atoms with van der Waals surface area (Å²) < 4.78 is 30.6. The number of nitrogens with one attached hydrogen (secondary N) is 1. The number of anilines is 1. The minimum Gasteiger partial charge on any atom is -0.451 e. The first-order valence-electron chi connectivity index (χ1n) is 9.45. The lowest BCUT2D eigenvalue weighted by molar-refractivity contribution is 0.0998. The van der Waals surface area contributed by atoms with Crippen LogP contribution in [-0.4, -0.2) is 30.3 Å². The summed E-state index contributed by atoms with van der Waals surface area (Å²) in [5.41, 5.74) is 1.89. The molecule has 4 aromatic rings. The number of furan rings is 1. The number of nitrogens with zero attached hydrogens (tertiary/aromatic N) is 2. The van der Waals surface area contributed by atoms with Gasteiger partial charge in [-0.15, -0.1) is 10.2 Å². The Hall–Kier alpha value is -2.69. The third-order valence-corrected chi connectivity index (χ3v) is 8.35. The zero-order chi connectivity index (χ0) is 22.0. The molecule has 1 N–H and O–H groups in total. The average molecular weight is 474 g/mol. The molecule has 0 saturated carbocycles. The van der Waals surface area contributed by atoms with Crippen molar-refractivity contribution in [3.05, 3.63) is 64.9 Å². The number of hydrogen-bond donors (Lipinski definition) is 1. The molecule has 0 spiro atoms. The molecule has 0 atom stereocenters. The second-order valence-electron chi connectivity index (χ2n) is 6.66. The summed E-state index contributed by atoms with van der Waals surface area (Å²) in [4.78, 5) is 13.2. The molecule has 0 aliphatic carbocycles. The normalized spacial score (nSPS) is 11.7. The molecular formula is C21H19N3O4S3. The van der Waals surface area contributed by atoms with Crippen LogP contribution in [0.3, 0.4) is 0 Å². The van der Waals surface area contributed by atoms with E-state index in [0.29, 0.717) is 17.0 Å². The van der Waals surface area contributed by atoms with Crippen molar-refractivity contribution in [1.82, 2.24) is 10.2 Å². The molecular weight excluding hydrogens is 454 g/mol. The zero-order valence-electron chi connectivity index (χ0n) is 16.8. The van der Waals surface area contributed by atoms with Crippen LogP contribution in [-0.2, 0) is 15.6 Å². The summed E-state index contributed by atoms with van der Waals surface area (Å²) in [6.45, 7) is 3.49. The van der Waals surface area contributed by atoms with Gasteiger partial charge in [0.05, 0.1) is 10.6 Å². The summed E-state index contributed by atoms with van der Waals surface area (Å²) in [7, 11) is -3.30. The monoisotopic (exact) mass is 473 g/mol. The fraction of sp³-hybridized carbons (Fsp3) is 0.190. The maximum absolute atomic E-state index is 13.0. The van der Waals surface area contributed by atoms with E-state index in [9.17, 15) is 13.2 Å². The molecule has 2 aromatic heterocycles. The molecule has 0 fully saturated rings. The standard InChI is InChI=1S/C21H19N3O4S3/c1-3-31(26,27)15-10-8-14(9-11-15)22-20(25)19-17(12-29-21-24-23-13(2)30-21)16-6-4-5-7-18(16)28-19/h4-11H,3,12H2,1-2H3,(H,22,25). The Morgan fingerprint density at radius 1 is 1.13 bits per heavy atom. The Bertz CT molecular complexity index is 1340. The summed E-state index contributed by atoms with van der Waals surface area (Å²) in [6, 6.07) is 13.6. The SMILES string of the molecule is CCS(=O)(=O)c1ccc(NC(=O)c2oc3ccccc3c2CSc2nnc(C)s2)cc1. The van der Waals surface area contributed by atoms with Crippen LogP contribution >= 0.6 is 23.1 Å². The van der Waals surface area contributed by atoms with E-state index in [4.69, 9.17) is 4.42 Å². The average Bonchev–Trinajstić information content (AvgIpc) is 3.35. The largest absolute Gasteiger partial charge is 0.451 e. The van der Waals surface area contributed by atoms with Crippen molar-refractivity contribution in [3.8, 4) is 0 Å². The van der Waals surface area contributed by atoms with Crippen LogP contribution < -0.4 is 5.32 Å². The van der Waals surface area contributed by atoms with Gasteiger partial charge in [-0.05, 0) is 37.3 Å². The van der Waals surface area contributed by atoms with Crippen molar-refractivity contribution in [2.75, 3.05) is 11.1 Å². The van der Waals surface area contributed by atoms with E-state index in [-0.39, 0.29) is 16.4 Å². The van der Waals surface area contributed by atoms with Gasteiger partial charge in [-0.3, -0.25) is 4.79 Å². The van der Waals surface area contributed by atoms with E-state index in [2.05, 4.69) is 15.5 Å². The lowest BCUT2D eigenvalue weighted by Crippen LogP contribution is -2.13. The third kappa shape index (κ3) is 4.65. The van der Waals surface area contributed by atoms with Crippen LogP contribution in [0.4, 0.5) is 5.69 Å². The number of aromatic nitrogens is 2. The molecule has 2 aromatic carbocycles. The van der Waals surface area contributed by atoms with Gasteiger partial charge >= 0.3 is 0 Å². The Morgan fingerprint density at radius 2 is 1.87 bits per heavy atom. The second kappa shape index (κ2) is 8.81. The van der Waals surface area contributed by atoms with Crippen molar-refractivity contribution < 1.29 is 17.6 Å². The molecule has 7 nitrogen and oxygen atoms in total. The smallest absolute Gasteiger partial charge is 0.291 e. The van der Waals surface area contributed by atoms with E-state index in [1.165, 1.54) is 35.2 Å². The van der Waals surface area contributed by atoms with Crippen LogP contribution in [0, 0.1) is 6.92 Å². The molecule has 0 radical (unpaired) electrons. The minimum absolute atomic E-state index is 0.0207. The first kappa shape index (κ1) is 21.5. The molecule has 31 heavy (non-hydrogen) atoms. The summed E-state index contributed by atoms with van der Waals surface area (Å²) in [6.07, 6.45) is 0. The quantitative estimate of drug-likeness (QED) is 0.380. The number of fused-ring (bicyclic) bond motifs is 1. The predicted octanol–water partition coefficient (Wildman–Crippen LogP) is 4.93. The van der Waals surface area contributed by atoms with Crippen LogP contribution in [0.5, 0.6) is 0 Å².